The average Bonchev–Trinajstić information content (AvgIpc) is 2.99. The number of nitrogens with zero attached hydrogens (tertiary/aromatic N) is 5. The van der Waals surface area contributed by atoms with Crippen molar-refractivity contribution in [2.24, 2.45) is 5.10 Å². The Balaban J connectivity index is 1.92. The van der Waals surface area contributed by atoms with Gasteiger partial charge in [-0.05, 0) is 24.3 Å². The van der Waals surface area contributed by atoms with E-state index < -0.39 is 4.92 Å². The van der Waals surface area contributed by atoms with Crippen molar-refractivity contribution in [1.29, 1.82) is 0 Å². The lowest BCUT2D eigenvalue weighted by atomic mass is 10.3. The van der Waals surface area contributed by atoms with Gasteiger partial charge >= 0.3 is 0 Å². The Morgan fingerprint density at radius 1 is 1.21 bits per heavy atom. The van der Waals surface area contributed by atoms with Crippen molar-refractivity contribution in [1.82, 2.24) is 15.0 Å². The van der Waals surface area contributed by atoms with Crippen LogP contribution >= 0.6 is 0 Å². The highest BCUT2D eigenvalue weighted by molar-refractivity contribution is 6.39. The molecule has 0 radical (unpaired) electrons. The number of hydrogen-bond acceptors (Lipinski definition) is 7. The van der Waals surface area contributed by atoms with E-state index in [9.17, 15) is 14.9 Å². The molecular formula is C15H12N6O3. The number of hydrogen-bond donors (Lipinski definition) is 1. The number of aromatic nitrogens is 3. The fourth-order valence-electron chi connectivity index (χ4n) is 2.08. The molecule has 0 atom stereocenters. The summed E-state index contributed by atoms with van der Waals surface area (Å²) in [7, 11) is 0. The van der Waals surface area contributed by atoms with E-state index in [-0.39, 0.29) is 17.3 Å². The van der Waals surface area contributed by atoms with Crippen LogP contribution in [-0.4, -0.2) is 31.5 Å². The molecule has 1 aromatic heterocycles. The van der Waals surface area contributed by atoms with Crippen molar-refractivity contribution in [2.75, 3.05) is 5.43 Å². The molecule has 120 valence electrons. The molecule has 0 amide bonds. The third-order valence-corrected chi connectivity index (χ3v) is 3.24. The maximum absolute atomic E-state index is 11.9. The number of rotatable bonds is 4. The van der Waals surface area contributed by atoms with Gasteiger partial charge in [0.1, 0.15) is 5.52 Å². The van der Waals surface area contributed by atoms with Crippen molar-refractivity contribution in [3.8, 4) is 0 Å². The highest BCUT2D eigenvalue weighted by Crippen LogP contribution is 2.16. The zero-order chi connectivity index (χ0) is 17.1. The van der Waals surface area contributed by atoms with Gasteiger partial charge in [-0.25, -0.2) is 0 Å². The third-order valence-electron chi connectivity index (χ3n) is 3.24. The normalized spacial score (nSPS) is 11.5. The van der Waals surface area contributed by atoms with Crippen LogP contribution in [0.3, 0.4) is 0 Å². The number of ketones is 1. The smallest absolute Gasteiger partial charge is 0.269 e. The van der Waals surface area contributed by atoms with Crippen LogP contribution in [0.2, 0.25) is 0 Å². The SMILES string of the molecule is CC(=O)/C(=N\Nc1ccc([N+](=O)[O-])cc1)n1nnc2ccccc21. The quantitative estimate of drug-likeness (QED) is 0.340. The van der Waals surface area contributed by atoms with Crippen LogP contribution in [0.25, 0.3) is 11.0 Å². The summed E-state index contributed by atoms with van der Waals surface area (Å²) in [6.07, 6.45) is 0. The van der Waals surface area contributed by atoms with E-state index in [1.807, 2.05) is 12.1 Å². The predicted molar refractivity (Wildman–Crippen MR) is 87.8 cm³/mol. The second-order valence-corrected chi connectivity index (χ2v) is 4.90. The molecule has 0 saturated heterocycles. The minimum absolute atomic E-state index is 0.0291. The van der Waals surface area contributed by atoms with Crippen LogP contribution in [-0.2, 0) is 4.79 Å². The molecule has 0 aliphatic rings. The van der Waals surface area contributed by atoms with Crippen molar-refractivity contribution < 1.29 is 9.72 Å². The predicted octanol–water partition coefficient (Wildman–Crippen LogP) is 2.20. The van der Waals surface area contributed by atoms with E-state index in [0.717, 1.165) is 0 Å². The van der Waals surface area contributed by atoms with Gasteiger partial charge in [0, 0.05) is 19.1 Å². The number of Topliss-reactive ketones (excluding diaryl/α,β-unsaturated/α-hetero) is 1. The van der Waals surface area contributed by atoms with Crippen LogP contribution in [0, 0.1) is 10.1 Å². The number of carbonyl (C=O) groups excluding carboxylic acids is 1. The molecule has 0 aliphatic carbocycles. The second kappa shape index (κ2) is 6.24. The molecule has 9 nitrogen and oxygen atoms in total. The van der Waals surface area contributed by atoms with Gasteiger partial charge < -0.3 is 0 Å². The van der Waals surface area contributed by atoms with E-state index in [2.05, 4.69) is 20.8 Å². The number of nitro groups is 1. The second-order valence-electron chi connectivity index (χ2n) is 4.90. The van der Waals surface area contributed by atoms with Crippen LogP contribution in [0.1, 0.15) is 6.92 Å². The number of fused-ring (bicyclic) bond motifs is 1. The molecule has 1 heterocycles. The summed E-state index contributed by atoms with van der Waals surface area (Å²) in [5.74, 6) is -0.248. The first-order valence-electron chi connectivity index (χ1n) is 6.96. The molecule has 0 bridgehead atoms. The van der Waals surface area contributed by atoms with Crippen molar-refractivity contribution >= 4 is 34.0 Å². The Morgan fingerprint density at radius 3 is 2.58 bits per heavy atom. The lowest BCUT2D eigenvalue weighted by molar-refractivity contribution is -0.384. The molecule has 0 fully saturated rings. The number of anilines is 1. The van der Waals surface area contributed by atoms with E-state index >= 15 is 0 Å². The lowest BCUT2D eigenvalue weighted by Gasteiger charge is -2.05. The maximum atomic E-state index is 11.9. The molecule has 24 heavy (non-hydrogen) atoms. The number of non-ortho nitro benzene ring substituents is 1. The lowest BCUT2D eigenvalue weighted by Crippen LogP contribution is -2.23. The molecule has 3 rings (SSSR count). The number of para-hydroxylation sites is 1. The molecular weight excluding hydrogens is 312 g/mol. The van der Waals surface area contributed by atoms with Crippen LogP contribution in [0.5, 0.6) is 0 Å². The van der Waals surface area contributed by atoms with Crippen LogP contribution in [0.15, 0.2) is 53.6 Å². The van der Waals surface area contributed by atoms with Crippen LogP contribution in [0.4, 0.5) is 11.4 Å². The Bertz CT molecular complexity index is 945. The standard InChI is InChI=1S/C15H12N6O3/c1-10(22)15(20-14-5-3-2-4-13(14)17-19-20)18-16-11-6-8-12(9-7-11)21(23)24/h2-9,16H,1H3/b18-15+. The van der Waals surface area contributed by atoms with Crippen molar-refractivity contribution in [3.05, 3.63) is 58.6 Å². The third kappa shape index (κ3) is 2.95. The van der Waals surface area contributed by atoms with Gasteiger partial charge in [0.2, 0.25) is 5.84 Å². The summed E-state index contributed by atoms with van der Waals surface area (Å²) in [5.41, 5.74) is 4.47. The number of hydrazone groups is 1. The van der Waals surface area contributed by atoms with E-state index in [1.165, 1.54) is 35.9 Å². The largest absolute Gasteiger partial charge is 0.291 e. The number of benzene rings is 2. The summed E-state index contributed by atoms with van der Waals surface area (Å²) in [6.45, 7) is 1.37. The van der Waals surface area contributed by atoms with Gasteiger partial charge in [-0.3, -0.25) is 20.3 Å². The zero-order valence-corrected chi connectivity index (χ0v) is 12.6. The number of carbonyl (C=O) groups is 1. The topological polar surface area (TPSA) is 115 Å². The first kappa shape index (κ1) is 15.3. The van der Waals surface area contributed by atoms with Gasteiger partial charge in [-0.2, -0.15) is 9.78 Å². The monoisotopic (exact) mass is 324 g/mol. The summed E-state index contributed by atoms with van der Waals surface area (Å²) in [5, 5.41) is 22.6. The summed E-state index contributed by atoms with van der Waals surface area (Å²) >= 11 is 0. The first-order chi connectivity index (χ1) is 11.6. The average molecular weight is 324 g/mol. The maximum Gasteiger partial charge on any atom is 0.269 e. The first-order valence-corrected chi connectivity index (χ1v) is 6.96. The minimum Gasteiger partial charge on any atom is -0.291 e. The molecule has 0 spiro atoms. The molecule has 0 unspecified atom stereocenters. The molecule has 0 aliphatic heterocycles. The fourth-order valence-corrected chi connectivity index (χ4v) is 2.08. The number of nitro benzene ring substituents is 1. The minimum atomic E-state index is -0.490. The summed E-state index contributed by atoms with van der Waals surface area (Å²) < 4.78 is 1.34. The Hall–Kier alpha value is -3.62. The highest BCUT2D eigenvalue weighted by Gasteiger charge is 2.14. The summed E-state index contributed by atoms with van der Waals surface area (Å²) in [6, 6.07) is 12.9. The molecule has 1 N–H and O–H groups in total. The Kier molecular flexibility index (Phi) is 3.98. The fraction of sp³-hybridized carbons (Fsp3) is 0.0667. The molecule has 2 aromatic carbocycles. The van der Waals surface area contributed by atoms with E-state index in [0.29, 0.717) is 16.7 Å². The number of nitrogens with one attached hydrogen (secondary N) is 1. The van der Waals surface area contributed by atoms with E-state index in [1.54, 1.807) is 12.1 Å². The van der Waals surface area contributed by atoms with Gasteiger partial charge in [0.05, 0.1) is 16.1 Å². The van der Waals surface area contributed by atoms with Crippen molar-refractivity contribution in [2.45, 2.75) is 6.92 Å². The van der Waals surface area contributed by atoms with Gasteiger partial charge in [-0.15, -0.1) is 5.10 Å². The highest BCUT2D eigenvalue weighted by atomic mass is 16.6. The zero-order valence-electron chi connectivity index (χ0n) is 12.6. The van der Waals surface area contributed by atoms with E-state index in [4.69, 9.17) is 0 Å². The van der Waals surface area contributed by atoms with Crippen LogP contribution < -0.4 is 5.43 Å². The van der Waals surface area contributed by atoms with Crippen molar-refractivity contribution in [3.63, 3.8) is 0 Å². The Morgan fingerprint density at radius 2 is 1.92 bits per heavy atom. The van der Waals surface area contributed by atoms with Gasteiger partial charge in [0.15, 0.2) is 5.78 Å². The van der Waals surface area contributed by atoms with Gasteiger partial charge in [0.25, 0.3) is 5.69 Å². The van der Waals surface area contributed by atoms with Gasteiger partial charge in [-0.1, -0.05) is 17.3 Å². The molecule has 0 saturated carbocycles. The Labute approximate surface area is 135 Å². The molecule has 3 aromatic rings. The summed E-state index contributed by atoms with van der Waals surface area (Å²) in [4.78, 5) is 22.1. The molecule has 9 heteroatoms.